The highest BCUT2D eigenvalue weighted by Gasteiger charge is 2.19. The minimum atomic E-state index is -0.0175. The molecule has 27 heavy (non-hydrogen) atoms. The van der Waals surface area contributed by atoms with Crippen molar-refractivity contribution in [1.82, 2.24) is 15.1 Å². The van der Waals surface area contributed by atoms with Crippen LogP contribution in [0.15, 0.2) is 23.2 Å². The molecule has 0 aromatic heterocycles. The van der Waals surface area contributed by atoms with Crippen LogP contribution in [0.25, 0.3) is 0 Å². The van der Waals surface area contributed by atoms with Gasteiger partial charge in [0.2, 0.25) is 5.91 Å². The summed E-state index contributed by atoms with van der Waals surface area (Å²) >= 11 is 0. The molecular formula is C20H32N4O3. The Labute approximate surface area is 162 Å². The van der Waals surface area contributed by atoms with E-state index < -0.39 is 0 Å². The summed E-state index contributed by atoms with van der Waals surface area (Å²) in [6.45, 7) is 0.744. The number of nitrogens with zero attached hydrogens (tertiary/aromatic N) is 3. The second-order valence-electron chi connectivity index (χ2n) is 7.09. The molecule has 0 heterocycles. The van der Waals surface area contributed by atoms with E-state index in [-0.39, 0.29) is 12.5 Å². The maximum absolute atomic E-state index is 12.0. The summed E-state index contributed by atoms with van der Waals surface area (Å²) in [7, 11) is 8.75. The van der Waals surface area contributed by atoms with Crippen LogP contribution in [0.2, 0.25) is 0 Å². The van der Waals surface area contributed by atoms with Crippen LogP contribution in [0, 0.1) is 0 Å². The van der Waals surface area contributed by atoms with E-state index >= 15 is 0 Å². The lowest BCUT2D eigenvalue weighted by Crippen LogP contribution is -2.43. The smallest absolute Gasteiger partial charge is 0.243 e. The number of aliphatic imine (C=N–C) groups is 1. The van der Waals surface area contributed by atoms with Crippen LogP contribution >= 0.6 is 0 Å². The number of nitrogens with one attached hydrogen (secondary N) is 1. The molecule has 0 saturated heterocycles. The van der Waals surface area contributed by atoms with Gasteiger partial charge in [-0.3, -0.25) is 4.79 Å². The molecule has 0 spiro atoms. The Morgan fingerprint density at radius 2 is 1.89 bits per heavy atom. The molecule has 1 aromatic rings. The lowest BCUT2D eigenvalue weighted by Gasteiger charge is -2.26. The second-order valence-corrected chi connectivity index (χ2v) is 7.09. The average Bonchev–Trinajstić information content (AvgIpc) is 3.18. The Morgan fingerprint density at radius 1 is 1.19 bits per heavy atom. The van der Waals surface area contributed by atoms with E-state index in [2.05, 4.69) is 10.3 Å². The van der Waals surface area contributed by atoms with Gasteiger partial charge in [0.15, 0.2) is 5.96 Å². The van der Waals surface area contributed by atoms with Gasteiger partial charge in [0.05, 0.1) is 14.2 Å². The molecule has 1 amide bonds. The van der Waals surface area contributed by atoms with E-state index in [9.17, 15) is 4.79 Å². The molecule has 0 atom stereocenters. The predicted molar refractivity (Wildman–Crippen MR) is 107 cm³/mol. The SMILES string of the molecule is COc1ccc(CN(C)C(=NCC(=O)N(C)C)NC2CCCC2)c(OC)c1. The van der Waals surface area contributed by atoms with Crippen molar-refractivity contribution in [3.05, 3.63) is 23.8 Å². The fraction of sp³-hybridized carbons (Fsp3) is 0.600. The number of benzene rings is 1. The fourth-order valence-electron chi connectivity index (χ4n) is 3.13. The molecule has 150 valence electrons. The summed E-state index contributed by atoms with van der Waals surface area (Å²) in [5.41, 5.74) is 1.03. The van der Waals surface area contributed by atoms with Crippen molar-refractivity contribution in [2.24, 2.45) is 4.99 Å². The van der Waals surface area contributed by atoms with Crippen LogP contribution in [0.3, 0.4) is 0 Å². The van der Waals surface area contributed by atoms with Gasteiger partial charge in [-0.15, -0.1) is 0 Å². The average molecular weight is 377 g/mol. The second kappa shape index (κ2) is 10.0. The van der Waals surface area contributed by atoms with Crippen LogP contribution < -0.4 is 14.8 Å². The summed E-state index contributed by atoms with van der Waals surface area (Å²) in [6, 6.07) is 6.20. The van der Waals surface area contributed by atoms with E-state index in [0.717, 1.165) is 35.9 Å². The largest absolute Gasteiger partial charge is 0.497 e. The normalized spacial score (nSPS) is 14.8. The van der Waals surface area contributed by atoms with Gasteiger partial charge < -0.3 is 24.6 Å². The van der Waals surface area contributed by atoms with E-state index in [0.29, 0.717) is 12.6 Å². The molecule has 1 aromatic carbocycles. The van der Waals surface area contributed by atoms with Crippen molar-refractivity contribution in [1.29, 1.82) is 0 Å². The number of rotatable bonds is 7. The highest BCUT2D eigenvalue weighted by molar-refractivity contribution is 5.85. The lowest BCUT2D eigenvalue weighted by atomic mass is 10.2. The number of hydrogen-bond donors (Lipinski definition) is 1. The summed E-state index contributed by atoms with van der Waals surface area (Å²) in [4.78, 5) is 20.1. The zero-order chi connectivity index (χ0) is 19.8. The van der Waals surface area contributed by atoms with Gasteiger partial charge >= 0.3 is 0 Å². The first-order valence-corrected chi connectivity index (χ1v) is 9.37. The van der Waals surface area contributed by atoms with Crippen LogP contribution in [0.5, 0.6) is 11.5 Å². The number of amides is 1. The monoisotopic (exact) mass is 376 g/mol. The van der Waals surface area contributed by atoms with Gasteiger partial charge in [-0.25, -0.2) is 4.99 Å². The zero-order valence-electron chi connectivity index (χ0n) is 17.1. The van der Waals surface area contributed by atoms with Crippen molar-refractivity contribution in [3.8, 4) is 11.5 Å². The first-order valence-electron chi connectivity index (χ1n) is 9.37. The Bertz CT molecular complexity index is 655. The van der Waals surface area contributed by atoms with Crippen LogP contribution in [-0.4, -0.2) is 69.6 Å². The van der Waals surface area contributed by atoms with Crippen molar-refractivity contribution in [2.45, 2.75) is 38.3 Å². The number of carbonyl (C=O) groups is 1. The molecule has 1 saturated carbocycles. The molecule has 0 radical (unpaired) electrons. The standard InChI is InChI=1S/C20H32N4O3/c1-23(2)19(25)13-21-20(22-16-8-6-7-9-16)24(3)14-15-10-11-17(26-4)12-18(15)27-5/h10-12,16H,6-9,13-14H2,1-5H3,(H,21,22). The molecule has 0 bridgehead atoms. The molecule has 7 nitrogen and oxygen atoms in total. The zero-order valence-corrected chi connectivity index (χ0v) is 17.1. The van der Waals surface area contributed by atoms with Crippen molar-refractivity contribution >= 4 is 11.9 Å². The first-order chi connectivity index (χ1) is 12.9. The van der Waals surface area contributed by atoms with Gasteiger partial charge in [0.25, 0.3) is 0 Å². The molecule has 7 heteroatoms. The Kier molecular flexibility index (Phi) is 7.76. The number of likely N-dealkylation sites (N-methyl/N-ethyl adjacent to an activating group) is 1. The highest BCUT2D eigenvalue weighted by Crippen LogP contribution is 2.25. The third-order valence-electron chi connectivity index (χ3n) is 4.81. The van der Waals surface area contributed by atoms with Gasteiger partial charge in [0.1, 0.15) is 18.0 Å². The van der Waals surface area contributed by atoms with Gasteiger partial charge in [-0.1, -0.05) is 12.8 Å². The van der Waals surface area contributed by atoms with Crippen molar-refractivity contribution in [3.63, 3.8) is 0 Å². The van der Waals surface area contributed by atoms with E-state index in [1.54, 1.807) is 33.2 Å². The predicted octanol–water partition coefficient (Wildman–Crippen LogP) is 2.11. The molecule has 1 aliphatic carbocycles. The van der Waals surface area contributed by atoms with Crippen molar-refractivity contribution in [2.75, 3.05) is 41.9 Å². The highest BCUT2D eigenvalue weighted by atomic mass is 16.5. The minimum Gasteiger partial charge on any atom is -0.497 e. The Hall–Kier alpha value is -2.44. The Balaban J connectivity index is 2.15. The topological polar surface area (TPSA) is 66.4 Å². The molecule has 0 unspecified atom stereocenters. The molecule has 2 rings (SSSR count). The summed E-state index contributed by atoms with van der Waals surface area (Å²) in [5.74, 6) is 2.25. The van der Waals surface area contributed by atoms with Gasteiger partial charge in [0, 0.05) is 45.4 Å². The number of methoxy groups -OCH3 is 2. The van der Waals surface area contributed by atoms with Crippen LogP contribution in [0.4, 0.5) is 0 Å². The molecular weight excluding hydrogens is 344 g/mol. The Morgan fingerprint density at radius 3 is 2.48 bits per heavy atom. The van der Waals surface area contributed by atoms with Gasteiger partial charge in [-0.05, 0) is 25.0 Å². The number of hydrogen-bond acceptors (Lipinski definition) is 4. The molecule has 0 aliphatic heterocycles. The number of carbonyl (C=O) groups excluding carboxylic acids is 1. The van der Waals surface area contributed by atoms with Gasteiger partial charge in [-0.2, -0.15) is 0 Å². The van der Waals surface area contributed by atoms with E-state index in [1.807, 2.05) is 30.1 Å². The first kappa shape index (κ1) is 20.9. The number of guanidine groups is 1. The molecule has 1 N–H and O–H groups in total. The molecule has 1 aliphatic rings. The third-order valence-corrected chi connectivity index (χ3v) is 4.81. The van der Waals surface area contributed by atoms with Crippen LogP contribution in [0.1, 0.15) is 31.2 Å². The summed E-state index contributed by atoms with van der Waals surface area (Å²) < 4.78 is 10.8. The fourth-order valence-corrected chi connectivity index (χ4v) is 3.13. The van der Waals surface area contributed by atoms with E-state index in [4.69, 9.17) is 9.47 Å². The molecule has 1 fully saturated rings. The lowest BCUT2D eigenvalue weighted by molar-refractivity contribution is -0.127. The van der Waals surface area contributed by atoms with Crippen LogP contribution in [-0.2, 0) is 11.3 Å². The quantitative estimate of drug-likeness (QED) is 0.583. The maximum Gasteiger partial charge on any atom is 0.243 e. The summed E-state index contributed by atoms with van der Waals surface area (Å²) in [5, 5.41) is 3.53. The van der Waals surface area contributed by atoms with E-state index in [1.165, 1.54) is 12.8 Å². The minimum absolute atomic E-state index is 0.0175. The summed E-state index contributed by atoms with van der Waals surface area (Å²) in [6.07, 6.45) is 4.75. The number of ether oxygens (including phenoxy) is 2. The third kappa shape index (κ3) is 6.05. The van der Waals surface area contributed by atoms with Crippen molar-refractivity contribution < 1.29 is 14.3 Å². The maximum atomic E-state index is 12.0.